The molecule has 10 nitrogen and oxygen atoms in total. The maximum absolute atomic E-state index is 12.8. The molecule has 0 saturated heterocycles. The summed E-state index contributed by atoms with van der Waals surface area (Å²) in [5, 5.41) is 16.6. The Hall–Kier alpha value is -3.69. The molecular weight excluding hydrogens is 440 g/mol. The largest absolute Gasteiger partial charge is 0.497 e. The van der Waals surface area contributed by atoms with Crippen LogP contribution in [0.3, 0.4) is 0 Å². The van der Waals surface area contributed by atoms with Crippen LogP contribution in [0, 0.1) is 10.1 Å². The van der Waals surface area contributed by atoms with Gasteiger partial charge < -0.3 is 14.8 Å². The van der Waals surface area contributed by atoms with E-state index >= 15 is 0 Å². The molecule has 0 fully saturated rings. The SMILES string of the molecule is CCCC=NC(C(=O)NC(NC(=O)OC(C)c1cc(OC)ccc1[N+](=O)[O-])=C(C)CC)=C(C)C. The van der Waals surface area contributed by atoms with Crippen LogP contribution in [0.2, 0.25) is 0 Å². The number of allylic oxidation sites excluding steroid dienone is 2. The number of nitro groups is 1. The molecule has 0 aliphatic heterocycles. The van der Waals surface area contributed by atoms with Crippen molar-refractivity contribution in [1.82, 2.24) is 10.6 Å². The minimum Gasteiger partial charge on any atom is -0.497 e. The quantitative estimate of drug-likeness (QED) is 0.193. The number of benzene rings is 1. The average Bonchev–Trinajstić information content (AvgIpc) is 2.79. The number of unbranched alkanes of at least 4 members (excludes halogenated alkanes) is 1. The van der Waals surface area contributed by atoms with Crippen molar-refractivity contribution in [3.63, 3.8) is 0 Å². The number of nitro benzene ring substituents is 1. The zero-order valence-corrected chi connectivity index (χ0v) is 20.9. The number of rotatable bonds is 11. The van der Waals surface area contributed by atoms with Crippen LogP contribution in [0.15, 0.2) is 45.9 Å². The Bertz CT molecular complexity index is 993. The first-order chi connectivity index (χ1) is 16.0. The van der Waals surface area contributed by atoms with Crippen LogP contribution in [0.5, 0.6) is 5.75 Å². The number of amides is 2. The second kappa shape index (κ2) is 13.8. The van der Waals surface area contributed by atoms with Gasteiger partial charge in [-0.2, -0.15) is 0 Å². The van der Waals surface area contributed by atoms with Gasteiger partial charge in [0.1, 0.15) is 23.4 Å². The lowest BCUT2D eigenvalue weighted by atomic mass is 10.1. The van der Waals surface area contributed by atoms with Crippen molar-refractivity contribution < 1.29 is 24.0 Å². The van der Waals surface area contributed by atoms with E-state index in [1.165, 1.54) is 32.2 Å². The van der Waals surface area contributed by atoms with E-state index in [1.54, 1.807) is 27.0 Å². The molecular formula is C24H34N4O6. The third kappa shape index (κ3) is 8.34. The molecule has 34 heavy (non-hydrogen) atoms. The number of aliphatic imine (C=N–C) groups is 1. The van der Waals surface area contributed by atoms with E-state index in [1.807, 2.05) is 13.8 Å². The van der Waals surface area contributed by atoms with Crippen molar-refractivity contribution in [2.24, 2.45) is 4.99 Å². The molecule has 186 valence electrons. The van der Waals surface area contributed by atoms with Gasteiger partial charge in [0.15, 0.2) is 0 Å². The summed E-state index contributed by atoms with van der Waals surface area (Å²) in [6.07, 6.45) is 2.04. The van der Waals surface area contributed by atoms with Crippen LogP contribution >= 0.6 is 0 Å². The van der Waals surface area contributed by atoms with Gasteiger partial charge in [0, 0.05) is 12.3 Å². The molecule has 0 saturated carbocycles. The molecule has 1 aromatic carbocycles. The van der Waals surface area contributed by atoms with Crippen LogP contribution in [0.1, 0.15) is 72.5 Å². The van der Waals surface area contributed by atoms with Crippen molar-refractivity contribution in [1.29, 1.82) is 0 Å². The summed E-state index contributed by atoms with van der Waals surface area (Å²) < 4.78 is 10.5. The normalized spacial score (nSPS) is 12.4. The Morgan fingerprint density at radius 2 is 1.88 bits per heavy atom. The Kier molecular flexibility index (Phi) is 11.5. The average molecular weight is 475 g/mol. The number of methoxy groups -OCH3 is 1. The molecule has 1 atom stereocenters. The van der Waals surface area contributed by atoms with E-state index in [2.05, 4.69) is 15.6 Å². The molecule has 0 heterocycles. The lowest BCUT2D eigenvalue weighted by Gasteiger charge is -2.18. The van der Waals surface area contributed by atoms with E-state index in [0.29, 0.717) is 17.7 Å². The van der Waals surface area contributed by atoms with Gasteiger partial charge >= 0.3 is 6.09 Å². The molecule has 0 aliphatic carbocycles. The molecule has 1 rings (SSSR count). The van der Waals surface area contributed by atoms with Gasteiger partial charge in [-0.3, -0.25) is 25.2 Å². The maximum atomic E-state index is 12.8. The number of hydrogen-bond donors (Lipinski definition) is 2. The van der Waals surface area contributed by atoms with Gasteiger partial charge in [0.05, 0.1) is 17.6 Å². The lowest BCUT2D eigenvalue weighted by molar-refractivity contribution is -0.386. The first kappa shape index (κ1) is 28.3. The zero-order valence-electron chi connectivity index (χ0n) is 20.9. The summed E-state index contributed by atoms with van der Waals surface area (Å²) in [6.45, 7) is 10.7. The maximum Gasteiger partial charge on any atom is 0.413 e. The third-order valence-electron chi connectivity index (χ3n) is 4.90. The van der Waals surface area contributed by atoms with Crippen LogP contribution in [0.25, 0.3) is 0 Å². The highest BCUT2D eigenvalue weighted by Crippen LogP contribution is 2.31. The van der Waals surface area contributed by atoms with E-state index in [4.69, 9.17) is 9.47 Å². The molecule has 2 amide bonds. The summed E-state index contributed by atoms with van der Waals surface area (Å²) in [4.78, 5) is 40.5. The Balaban J connectivity index is 3.07. The van der Waals surface area contributed by atoms with Crippen LogP contribution < -0.4 is 15.4 Å². The third-order valence-corrected chi connectivity index (χ3v) is 4.90. The summed E-state index contributed by atoms with van der Waals surface area (Å²) in [5.74, 6) is 0.102. The summed E-state index contributed by atoms with van der Waals surface area (Å²) in [5.41, 5.74) is 1.66. The topological polar surface area (TPSA) is 132 Å². The van der Waals surface area contributed by atoms with Gasteiger partial charge in [-0.25, -0.2) is 4.79 Å². The predicted molar refractivity (Wildman–Crippen MR) is 131 cm³/mol. The first-order valence-corrected chi connectivity index (χ1v) is 11.1. The van der Waals surface area contributed by atoms with Gasteiger partial charge in [0.2, 0.25) is 0 Å². The van der Waals surface area contributed by atoms with E-state index in [-0.39, 0.29) is 22.8 Å². The Morgan fingerprint density at radius 1 is 1.21 bits per heavy atom. The molecule has 0 spiro atoms. The highest BCUT2D eigenvalue weighted by molar-refractivity contribution is 5.96. The molecule has 0 radical (unpaired) electrons. The second-order valence-electron chi connectivity index (χ2n) is 7.77. The van der Waals surface area contributed by atoms with E-state index in [0.717, 1.165) is 18.4 Å². The van der Waals surface area contributed by atoms with E-state index in [9.17, 15) is 19.7 Å². The minimum absolute atomic E-state index is 0.175. The number of nitrogens with one attached hydrogen (secondary N) is 2. The fraction of sp³-hybridized carbons (Fsp3) is 0.458. The number of ether oxygens (including phenoxy) is 2. The molecule has 0 aromatic heterocycles. The molecule has 1 aromatic rings. The molecule has 1 unspecified atom stereocenters. The molecule has 0 bridgehead atoms. The van der Waals surface area contributed by atoms with Crippen molar-refractivity contribution in [3.8, 4) is 5.75 Å². The number of carbonyl (C=O) groups is 2. The fourth-order valence-corrected chi connectivity index (χ4v) is 2.80. The van der Waals surface area contributed by atoms with Crippen LogP contribution in [-0.4, -0.2) is 30.2 Å². The van der Waals surface area contributed by atoms with Crippen molar-refractivity contribution in [2.75, 3.05) is 7.11 Å². The Labute approximate surface area is 200 Å². The predicted octanol–water partition coefficient (Wildman–Crippen LogP) is 5.31. The smallest absolute Gasteiger partial charge is 0.413 e. The first-order valence-electron chi connectivity index (χ1n) is 11.1. The van der Waals surface area contributed by atoms with Gasteiger partial charge in [-0.05, 0) is 63.8 Å². The number of hydrogen-bond acceptors (Lipinski definition) is 7. The summed E-state index contributed by atoms with van der Waals surface area (Å²) in [6, 6.07) is 4.19. The monoisotopic (exact) mass is 474 g/mol. The molecule has 2 N–H and O–H groups in total. The summed E-state index contributed by atoms with van der Waals surface area (Å²) >= 11 is 0. The number of nitrogens with zero attached hydrogens (tertiary/aromatic N) is 2. The molecule has 10 heteroatoms. The van der Waals surface area contributed by atoms with Gasteiger partial charge in [-0.1, -0.05) is 20.3 Å². The lowest BCUT2D eigenvalue weighted by Crippen LogP contribution is -2.37. The van der Waals surface area contributed by atoms with Crippen LogP contribution in [0.4, 0.5) is 10.5 Å². The van der Waals surface area contributed by atoms with Crippen LogP contribution in [-0.2, 0) is 9.53 Å². The number of alkyl carbamates (subject to hydrolysis) is 1. The van der Waals surface area contributed by atoms with E-state index < -0.39 is 23.0 Å². The van der Waals surface area contributed by atoms with Crippen molar-refractivity contribution >= 4 is 23.9 Å². The van der Waals surface area contributed by atoms with Gasteiger partial charge in [0.25, 0.3) is 11.6 Å². The second-order valence-corrected chi connectivity index (χ2v) is 7.77. The van der Waals surface area contributed by atoms with Crippen molar-refractivity contribution in [3.05, 3.63) is 56.5 Å². The zero-order chi connectivity index (χ0) is 25.8. The highest BCUT2D eigenvalue weighted by atomic mass is 16.6. The standard InChI is InChI=1S/C24H34N4O6/c1-8-10-13-25-21(15(3)4)23(29)26-22(16(5)9-2)27-24(30)34-17(6)19-14-18(33-7)11-12-20(19)28(31)32/h11-14,17H,8-10H2,1-7H3,(H,26,29)(H,27,30). The number of carbonyl (C=O) groups excluding carboxylic acids is 2. The van der Waals surface area contributed by atoms with Gasteiger partial charge in [-0.15, -0.1) is 0 Å². The fourth-order valence-electron chi connectivity index (χ4n) is 2.80. The molecule has 0 aliphatic rings. The highest BCUT2D eigenvalue weighted by Gasteiger charge is 2.24. The summed E-state index contributed by atoms with van der Waals surface area (Å²) in [7, 11) is 1.43. The Morgan fingerprint density at radius 3 is 2.41 bits per heavy atom. The minimum atomic E-state index is -0.957. The van der Waals surface area contributed by atoms with Crippen molar-refractivity contribution in [2.45, 2.75) is 66.9 Å².